The van der Waals surface area contributed by atoms with E-state index in [2.05, 4.69) is 5.16 Å². The summed E-state index contributed by atoms with van der Waals surface area (Å²) in [5, 5.41) is 12.2. The van der Waals surface area contributed by atoms with E-state index in [-0.39, 0.29) is 12.3 Å². The topological polar surface area (TPSA) is 63.3 Å². The first-order valence-corrected chi connectivity index (χ1v) is 3.77. The summed E-state index contributed by atoms with van der Waals surface area (Å²) in [7, 11) is 0. The minimum atomic E-state index is -0.901. The normalized spacial score (nSPS) is 10.6. The largest absolute Gasteiger partial charge is 0.481 e. The van der Waals surface area contributed by atoms with Crippen molar-refractivity contribution in [2.24, 2.45) is 0 Å². The highest BCUT2D eigenvalue weighted by Crippen LogP contribution is 2.13. The second-order valence-electron chi connectivity index (χ2n) is 2.94. The molecule has 1 rings (SSSR count). The molecule has 4 heteroatoms. The van der Waals surface area contributed by atoms with E-state index in [9.17, 15) is 4.79 Å². The van der Waals surface area contributed by atoms with Gasteiger partial charge in [-0.25, -0.2) is 0 Å². The molecule has 0 unspecified atom stereocenters. The molecule has 0 radical (unpaired) electrons. The molecule has 0 aliphatic rings. The van der Waals surface area contributed by atoms with E-state index < -0.39 is 5.97 Å². The van der Waals surface area contributed by atoms with Crippen LogP contribution in [0.25, 0.3) is 0 Å². The lowest BCUT2D eigenvalue weighted by Gasteiger charge is -1.93. The van der Waals surface area contributed by atoms with Gasteiger partial charge in [-0.3, -0.25) is 4.79 Å². The van der Waals surface area contributed by atoms with Crippen molar-refractivity contribution in [2.75, 3.05) is 0 Å². The van der Waals surface area contributed by atoms with Crippen LogP contribution >= 0.6 is 0 Å². The first kappa shape index (κ1) is 8.77. The second-order valence-corrected chi connectivity index (χ2v) is 2.94. The Morgan fingerprint density at radius 1 is 1.75 bits per heavy atom. The van der Waals surface area contributed by atoms with Gasteiger partial charge < -0.3 is 9.63 Å². The average Bonchev–Trinajstić information content (AvgIpc) is 2.34. The zero-order chi connectivity index (χ0) is 9.14. The third-order valence-electron chi connectivity index (χ3n) is 1.49. The van der Waals surface area contributed by atoms with Crippen LogP contribution < -0.4 is 0 Å². The molecule has 1 aromatic rings. The number of carboxylic acid groups (broad SMARTS) is 1. The smallest absolute Gasteiger partial charge is 0.311 e. The summed E-state index contributed by atoms with van der Waals surface area (Å²) in [5.41, 5.74) is 0.797. The summed E-state index contributed by atoms with van der Waals surface area (Å²) in [6.45, 7) is 3.95. The summed E-state index contributed by atoms with van der Waals surface area (Å²) in [6.07, 6.45) is -0.0975. The van der Waals surface area contributed by atoms with E-state index in [0.717, 1.165) is 5.69 Å². The molecule has 1 heterocycles. The predicted octanol–water partition coefficient (Wildman–Crippen LogP) is 1.43. The highest BCUT2D eigenvalue weighted by atomic mass is 16.5. The van der Waals surface area contributed by atoms with Crippen molar-refractivity contribution < 1.29 is 14.4 Å². The number of carbonyl (C=O) groups is 1. The molecule has 1 aromatic heterocycles. The number of carboxylic acids is 1. The first-order chi connectivity index (χ1) is 5.59. The van der Waals surface area contributed by atoms with Crippen LogP contribution in [-0.2, 0) is 11.2 Å². The van der Waals surface area contributed by atoms with E-state index in [4.69, 9.17) is 9.63 Å². The molecule has 0 aliphatic carbocycles. The minimum absolute atomic E-state index is 0.0975. The minimum Gasteiger partial charge on any atom is -0.481 e. The van der Waals surface area contributed by atoms with Crippen molar-refractivity contribution in [1.82, 2.24) is 5.16 Å². The van der Waals surface area contributed by atoms with Crippen molar-refractivity contribution in [3.05, 3.63) is 17.5 Å². The molecule has 4 nitrogen and oxygen atoms in total. The lowest BCUT2D eigenvalue weighted by atomic mass is 10.1. The van der Waals surface area contributed by atoms with Gasteiger partial charge in [0, 0.05) is 6.07 Å². The summed E-state index contributed by atoms with van der Waals surface area (Å²) >= 11 is 0. The molecule has 12 heavy (non-hydrogen) atoms. The molecule has 0 saturated carbocycles. The number of rotatable bonds is 3. The van der Waals surface area contributed by atoms with Crippen LogP contribution in [0.1, 0.15) is 31.2 Å². The van der Waals surface area contributed by atoms with Gasteiger partial charge in [0.1, 0.15) is 12.2 Å². The van der Waals surface area contributed by atoms with Crippen LogP contribution in [0, 0.1) is 0 Å². The van der Waals surface area contributed by atoms with Crippen LogP contribution in [0.4, 0.5) is 0 Å². The van der Waals surface area contributed by atoms with Crippen molar-refractivity contribution in [1.29, 1.82) is 0 Å². The monoisotopic (exact) mass is 169 g/mol. The zero-order valence-corrected chi connectivity index (χ0v) is 7.07. The number of nitrogens with zero attached hydrogens (tertiary/aromatic N) is 1. The van der Waals surface area contributed by atoms with E-state index in [0.29, 0.717) is 5.76 Å². The maximum absolute atomic E-state index is 10.3. The molecule has 0 amide bonds. The van der Waals surface area contributed by atoms with Gasteiger partial charge in [-0.1, -0.05) is 19.0 Å². The zero-order valence-electron chi connectivity index (χ0n) is 7.07. The van der Waals surface area contributed by atoms with Gasteiger partial charge >= 0.3 is 5.97 Å². The fraction of sp³-hybridized carbons (Fsp3) is 0.500. The Labute approximate surface area is 70.2 Å². The summed E-state index contributed by atoms with van der Waals surface area (Å²) in [5.74, 6) is -0.219. The van der Waals surface area contributed by atoms with E-state index in [1.165, 1.54) is 0 Å². The van der Waals surface area contributed by atoms with Gasteiger partial charge in [0.25, 0.3) is 0 Å². The van der Waals surface area contributed by atoms with Crippen LogP contribution in [0.15, 0.2) is 10.6 Å². The molecule has 0 fully saturated rings. The molecule has 1 N–H and O–H groups in total. The maximum Gasteiger partial charge on any atom is 0.311 e. The van der Waals surface area contributed by atoms with E-state index >= 15 is 0 Å². The van der Waals surface area contributed by atoms with E-state index in [1.807, 2.05) is 13.8 Å². The fourth-order valence-corrected chi connectivity index (χ4v) is 0.833. The predicted molar refractivity (Wildman–Crippen MR) is 41.9 cm³/mol. The highest BCUT2D eigenvalue weighted by Gasteiger charge is 2.09. The van der Waals surface area contributed by atoms with Crippen molar-refractivity contribution in [3.63, 3.8) is 0 Å². The summed E-state index contributed by atoms with van der Waals surface area (Å²) in [6, 6.07) is 1.68. The molecule has 0 aliphatic heterocycles. The Hall–Kier alpha value is -1.32. The van der Waals surface area contributed by atoms with Crippen molar-refractivity contribution in [2.45, 2.75) is 26.2 Å². The second kappa shape index (κ2) is 3.38. The number of hydrogen-bond donors (Lipinski definition) is 1. The van der Waals surface area contributed by atoms with Crippen LogP contribution in [0.3, 0.4) is 0 Å². The number of aliphatic carboxylic acids is 1. The Morgan fingerprint density at radius 3 is 2.83 bits per heavy atom. The van der Waals surface area contributed by atoms with Gasteiger partial charge in [0.05, 0.1) is 5.69 Å². The summed E-state index contributed by atoms with van der Waals surface area (Å²) in [4.78, 5) is 10.3. The lowest BCUT2D eigenvalue weighted by molar-refractivity contribution is -0.136. The Balaban J connectivity index is 2.70. The molecule has 66 valence electrons. The first-order valence-electron chi connectivity index (χ1n) is 3.77. The molecule has 0 atom stereocenters. The SMILES string of the molecule is CC(C)c1cc(CC(=O)O)on1. The Kier molecular flexibility index (Phi) is 2.47. The maximum atomic E-state index is 10.3. The molecular weight excluding hydrogens is 158 g/mol. The number of aromatic nitrogens is 1. The standard InChI is InChI=1S/C8H11NO3/c1-5(2)7-3-6(12-9-7)4-8(10)11/h3,5H,4H2,1-2H3,(H,10,11). The van der Waals surface area contributed by atoms with Crippen molar-refractivity contribution in [3.8, 4) is 0 Å². The number of hydrogen-bond acceptors (Lipinski definition) is 3. The van der Waals surface area contributed by atoms with Gasteiger partial charge in [-0.15, -0.1) is 0 Å². The molecule has 0 bridgehead atoms. The van der Waals surface area contributed by atoms with Gasteiger partial charge in [0.2, 0.25) is 0 Å². The average molecular weight is 169 g/mol. The van der Waals surface area contributed by atoms with Crippen LogP contribution in [0.5, 0.6) is 0 Å². The summed E-state index contributed by atoms with van der Waals surface area (Å²) < 4.78 is 4.81. The third-order valence-corrected chi connectivity index (χ3v) is 1.49. The molecule has 0 aromatic carbocycles. The Morgan fingerprint density at radius 2 is 2.42 bits per heavy atom. The quantitative estimate of drug-likeness (QED) is 0.743. The third kappa shape index (κ3) is 2.08. The molecule has 0 saturated heterocycles. The van der Waals surface area contributed by atoms with Crippen LogP contribution in [-0.4, -0.2) is 16.2 Å². The lowest BCUT2D eigenvalue weighted by Crippen LogP contribution is -1.98. The van der Waals surface area contributed by atoms with Crippen molar-refractivity contribution >= 4 is 5.97 Å². The molecule has 0 spiro atoms. The van der Waals surface area contributed by atoms with Gasteiger partial charge in [-0.2, -0.15) is 0 Å². The van der Waals surface area contributed by atoms with Gasteiger partial charge in [0.15, 0.2) is 0 Å². The Bertz CT molecular complexity index is 278. The van der Waals surface area contributed by atoms with Crippen LogP contribution in [0.2, 0.25) is 0 Å². The molecular formula is C8H11NO3. The fourth-order valence-electron chi connectivity index (χ4n) is 0.833. The van der Waals surface area contributed by atoms with Gasteiger partial charge in [-0.05, 0) is 5.92 Å². The highest BCUT2D eigenvalue weighted by molar-refractivity contribution is 5.69. The van der Waals surface area contributed by atoms with E-state index in [1.54, 1.807) is 6.07 Å².